The van der Waals surface area contributed by atoms with E-state index in [1.807, 2.05) is 33.3 Å². The molecule has 0 aromatic carbocycles. The molecule has 1 amide bonds. The van der Waals surface area contributed by atoms with Crippen molar-refractivity contribution in [3.63, 3.8) is 0 Å². The number of allylic oxidation sites excluding steroid dienone is 9. The zero-order valence-corrected chi connectivity index (χ0v) is 57.3. The quantitative estimate of drug-likeness (QED) is 0.0205. The van der Waals surface area contributed by atoms with Crippen LogP contribution in [0.4, 0.5) is 0 Å². The molecule has 0 aliphatic heterocycles. The molecule has 84 heavy (non-hydrogen) atoms. The lowest BCUT2D eigenvalue weighted by Gasteiger charge is -2.27. The number of rotatable bonds is 66. The largest absolute Gasteiger partial charge is 0.472 e. The molecule has 0 bridgehead atoms. The molecule has 0 fully saturated rings. The highest BCUT2D eigenvalue weighted by Crippen LogP contribution is 2.43. The summed E-state index contributed by atoms with van der Waals surface area (Å²) in [6, 6.07) is -0.850. The smallest absolute Gasteiger partial charge is 0.456 e. The average molecular weight is 1200 g/mol. The van der Waals surface area contributed by atoms with Crippen LogP contribution in [0.2, 0.25) is 0 Å². The van der Waals surface area contributed by atoms with E-state index in [2.05, 4.69) is 74.7 Å². The summed E-state index contributed by atoms with van der Waals surface area (Å²) >= 11 is 0. The van der Waals surface area contributed by atoms with Crippen molar-refractivity contribution in [2.24, 2.45) is 0 Å². The van der Waals surface area contributed by atoms with Crippen LogP contribution in [-0.2, 0) is 27.9 Å². The maximum Gasteiger partial charge on any atom is 0.472 e. The third-order valence-electron chi connectivity index (χ3n) is 16.2. The minimum absolute atomic E-state index is 0.0401. The Kier molecular flexibility index (Phi) is 62.0. The monoisotopic (exact) mass is 1200 g/mol. The van der Waals surface area contributed by atoms with Crippen LogP contribution < -0.4 is 5.32 Å². The third kappa shape index (κ3) is 64.2. The molecule has 492 valence electrons. The summed E-state index contributed by atoms with van der Waals surface area (Å²) in [6.45, 7) is 7.00. The van der Waals surface area contributed by atoms with Crippen molar-refractivity contribution < 1.29 is 37.3 Å². The first-order chi connectivity index (χ1) is 40.9. The number of carbonyl (C=O) groups is 2. The normalized spacial score (nSPS) is 13.8. The third-order valence-corrected chi connectivity index (χ3v) is 17.2. The van der Waals surface area contributed by atoms with E-state index in [0.29, 0.717) is 17.4 Å². The van der Waals surface area contributed by atoms with E-state index >= 15 is 0 Å². The molecule has 0 saturated carbocycles. The number of phosphoric ester groups is 1. The number of nitrogens with zero attached hydrogens (tertiary/aromatic N) is 1. The van der Waals surface area contributed by atoms with Crippen LogP contribution in [0, 0.1) is 0 Å². The lowest BCUT2D eigenvalue weighted by atomic mass is 10.0. The highest BCUT2D eigenvalue weighted by molar-refractivity contribution is 7.47. The predicted molar refractivity (Wildman–Crippen MR) is 365 cm³/mol. The summed E-state index contributed by atoms with van der Waals surface area (Å²) in [4.78, 5) is 37.9. The summed E-state index contributed by atoms with van der Waals surface area (Å²) in [7, 11) is 1.50. The van der Waals surface area contributed by atoms with Gasteiger partial charge in [0.25, 0.3) is 0 Å². The summed E-state index contributed by atoms with van der Waals surface area (Å²) in [5.74, 6) is -0.496. The number of hydrogen-bond donors (Lipinski definition) is 2. The van der Waals surface area contributed by atoms with Gasteiger partial charge in [0.2, 0.25) is 5.91 Å². The van der Waals surface area contributed by atoms with Gasteiger partial charge in [0.1, 0.15) is 19.3 Å². The number of esters is 1. The fourth-order valence-electron chi connectivity index (χ4n) is 10.6. The van der Waals surface area contributed by atoms with E-state index in [1.165, 1.54) is 244 Å². The number of hydrogen-bond acceptors (Lipinski definition) is 6. The van der Waals surface area contributed by atoms with Gasteiger partial charge >= 0.3 is 13.8 Å². The zero-order valence-electron chi connectivity index (χ0n) is 56.4. The fourth-order valence-corrected chi connectivity index (χ4v) is 11.3. The van der Waals surface area contributed by atoms with Crippen molar-refractivity contribution in [3.8, 4) is 0 Å². The molecule has 0 aliphatic rings. The minimum atomic E-state index is -4.45. The molecule has 0 aliphatic carbocycles. The summed E-state index contributed by atoms with van der Waals surface area (Å²) in [5, 5.41) is 3.08. The Balaban J connectivity index is 5.00. The molecule has 10 heteroatoms. The second kappa shape index (κ2) is 63.7. The van der Waals surface area contributed by atoms with Crippen LogP contribution in [0.25, 0.3) is 0 Å². The molecule has 0 radical (unpaired) electrons. The standard InChI is InChI=1S/C74H139N2O7P/c1-7-10-13-16-19-22-25-28-30-32-34-35-36-37-38-39-40-41-43-44-46-48-51-54-57-60-63-66-73(77)75-71(70-82-84(79,80)81-69-68-76(4,5)6)72(65-62-59-56-53-50-27-24-21-18-15-12-9-3)83-74(78)67-64-61-58-55-52-49-47-45-42-33-31-29-26-23-20-17-14-11-8-2/h19-20,22-23,28-31,62,65,71-72H,7-18,21,24-27,32-61,63-64,66-70H2,1-6H3,(H-,75,77,79,80)/p+1/b22-19-,23-20-,30-28-,31-29-,65-62-. The summed E-state index contributed by atoms with van der Waals surface area (Å²) in [5.41, 5.74) is 0. The Hall–Kier alpha value is -2.29. The Bertz CT molecular complexity index is 1620. The second-order valence-electron chi connectivity index (χ2n) is 25.8. The molecule has 0 spiro atoms. The van der Waals surface area contributed by atoms with Crippen molar-refractivity contribution in [2.45, 2.75) is 360 Å². The molecule has 0 aromatic rings. The van der Waals surface area contributed by atoms with E-state index < -0.39 is 20.0 Å². The minimum Gasteiger partial charge on any atom is -0.456 e. The van der Waals surface area contributed by atoms with Crippen molar-refractivity contribution in [2.75, 3.05) is 40.9 Å². The van der Waals surface area contributed by atoms with E-state index in [0.717, 1.165) is 70.6 Å². The SMILES string of the molecule is CCCCC/C=C\C/C=C\CCCCCCCCCCCCCCCCCCCC(=O)NC(COP(=O)(O)OCC[N+](C)(C)C)C(/C=C\CCCCCCCCCCCC)OC(=O)CCCCCCCCCCC/C=C\C/C=C\CCCCC. The van der Waals surface area contributed by atoms with Crippen molar-refractivity contribution in [1.82, 2.24) is 5.32 Å². The number of likely N-dealkylation sites (N-methyl/N-ethyl adjacent to an activating group) is 1. The maximum absolute atomic E-state index is 13.6. The molecular formula is C74H140N2O7P+. The van der Waals surface area contributed by atoms with Gasteiger partial charge in [0, 0.05) is 12.8 Å². The summed E-state index contributed by atoms with van der Waals surface area (Å²) in [6.07, 6.45) is 82.3. The second-order valence-corrected chi connectivity index (χ2v) is 27.2. The topological polar surface area (TPSA) is 111 Å². The van der Waals surface area contributed by atoms with Crippen molar-refractivity contribution in [3.05, 3.63) is 60.8 Å². The van der Waals surface area contributed by atoms with Gasteiger partial charge in [-0.05, 0) is 96.0 Å². The lowest BCUT2D eigenvalue weighted by molar-refractivity contribution is -0.870. The zero-order chi connectivity index (χ0) is 61.4. The molecule has 3 atom stereocenters. The van der Waals surface area contributed by atoms with Gasteiger partial charge in [-0.1, -0.05) is 300 Å². The molecule has 2 N–H and O–H groups in total. The van der Waals surface area contributed by atoms with E-state index in [9.17, 15) is 19.0 Å². The fraction of sp³-hybridized carbons (Fsp3) is 0.838. The van der Waals surface area contributed by atoms with E-state index in [-0.39, 0.29) is 31.5 Å². The Morgan fingerprint density at radius 1 is 0.417 bits per heavy atom. The Labute approximate surface area is 521 Å². The first kappa shape index (κ1) is 81.7. The van der Waals surface area contributed by atoms with Gasteiger partial charge in [-0.15, -0.1) is 0 Å². The van der Waals surface area contributed by atoms with Gasteiger partial charge in [-0.3, -0.25) is 18.6 Å². The number of unbranched alkanes of at least 4 members (excludes halogenated alkanes) is 42. The van der Waals surface area contributed by atoms with Crippen LogP contribution in [0.5, 0.6) is 0 Å². The maximum atomic E-state index is 13.6. The van der Waals surface area contributed by atoms with Gasteiger partial charge in [0.05, 0.1) is 33.8 Å². The van der Waals surface area contributed by atoms with Crippen molar-refractivity contribution in [1.29, 1.82) is 0 Å². The number of amides is 1. The number of phosphoric acid groups is 1. The average Bonchev–Trinajstić information content (AvgIpc) is 3.64. The van der Waals surface area contributed by atoms with Crippen LogP contribution in [0.1, 0.15) is 348 Å². The molecular weight excluding hydrogens is 1060 g/mol. The highest BCUT2D eigenvalue weighted by Gasteiger charge is 2.30. The number of ether oxygens (including phenoxy) is 1. The van der Waals surface area contributed by atoms with Gasteiger partial charge < -0.3 is 19.4 Å². The molecule has 0 saturated heterocycles. The van der Waals surface area contributed by atoms with Crippen molar-refractivity contribution >= 4 is 19.7 Å². The molecule has 0 heterocycles. The van der Waals surface area contributed by atoms with Crippen LogP contribution in [0.15, 0.2) is 60.8 Å². The van der Waals surface area contributed by atoms with E-state index in [4.69, 9.17) is 13.8 Å². The van der Waals surface area contributed by atoms with E-state index in [1.54, 1.807) is 0 Å². The van der Waals surface area contributed by atoms with Crippen LogP contribution >= 0.6 is 7.82 Å². The Morgan fingerprint density at radius 3 is 1.10 bits per heavy atom. The van der Waals surface area contributed by atoms with Gasteiger partial charge in [0.15, 0.2) is 0 Å². The predicted octanol–water partition coefficient (Wildman–Crippen LogP) is 23.0. The number of quaternary nitrogens is 1. The highest BCUT2D eigenvalue weighted by atomic mass is 31.2. The molecule has 0 rings (SSSR count). The van der Waals surface area contributed by atoms with Crippen LogP contribution in [-0.4, -0.2) is 74.3 Å². The summed E-state index contributed by atoms with van der Waals surface area (Å²) < 4.78 is 30.8. The molecule has 3 unspecified atom stereocenters. The number of nitrogens with one attached hydrogen (secondary N) is 1. The first-order valence-electron chi connectivity index (χ1n) is 36.1. The lowest BCUT2D eigenvalue weighted by Crippen LogP contribution is -2.47. The van der Waals surface area contributed by atoms with Gasteiger partial charge in [-0.25, -0.2) is 4.57 Å². The van der Waals surface area contributed by atoms with Gasteiger partial charge in [-0.2, -0.15) is 0 Å². The van der Waals surface area contributed by atoms with Crippen LogP contribution in [0.3, 0.4) is 0 Å². The Morgan fingerprint density at radius 2 is 0.726 bits per heavy atom. The number of carbonyl (C=O) groups excluding carboxylic acids is 2. The first-order valence-corrected chi connectivity index (χ1v) is 37.6. The molecule has 9 nitrogen and oxygen atoms in total. The molecule has 0 aromatic heterocycles.